The normalized spacial score (nSPS) is 10.6. The number of halogens is 1. The number of hydrogen-bond acceptors (Lipinski definition) is 8. The Morgan fingerprint density at radius 3 is 2.21 bits per heavy atom. The van der Waals surface area contributed by atoms with Crippen LogP contribution in [0.25, 0.3) is 0 Å². The molecule has 0 aromatic heterocycles. The highest BCUT2D eigenvalue weighted by atomic mass is 79.9. The zero-order chi connectivity index (χ0) is 28.2. The summed E-state index contributed by atoms with van der Waals surface area (Å²) in [6.07, 6.45) is 2.13. The first-order chi connectivity index (χ1) is 18.9. The van der Waals surface area contributed by atoms with Crippen LogP contribution in [0.5, 0.6) is 23.0 Å². The second-order valence-corrected chi connectivity index (χ2v) is 8.86. The van der Waals surface area contributed by atoms with Gasteiger partial charge in [-0.1, -0.05) is 12.1 Å². The van der Waals surface area contributed by atoms with E-state index in [2.05, 4.69) is 31.8 Å². The molecule has 0 fully saturated rings. The lowest BCUT2D eigenvalue weighted by Gasteiger charge is -2.13. The maximum Gasteiger partial charge on any atom is 0.343 e. The van der Waals surface area contributed by atoms with Crippen molar-refractivity contribution in [3.63, 3.8) is 0 Å². The first kappa shape index (κ1) is 29.2. The van der Waals surface area contributed by atoms with Crippen LogP contribution in [0.2, 0.25) is 0 Å². The summed E-state index contributed by atoms with van der Waals surface area (Å²) in [6, 6.07) is 16.7. The summed E-state index contributed by atoms with van der Waals surface area (Å²) in [4.78, 5) is 36.8. The number of rotatable bonds is 12. The van der Waals surface area contributed by atoms with Crippen LogP contribution in [0.15, 0.2) is 70.2 Å². The smallest absolute Gasteiger partial charge is 0.343 e. The lowest BCUT2D eigenvalue weighted by Crippen LogP contribution is -2.26. The fraction of sp³-hybridized carbons (Fsp3) is 0.214. The first-order valence-corrected chi connectivity index (χ1v) is 12.6. The predicted molar refractivity (Wildman–Crippen MR) is 149 cm³/mol. The average Bonchev–Trinajstić information content (AvgIpc) is 2.95. The molecule has 0 heterocycles. The van der Waals surface area contributed by atoms with E-state index in [-0.39, 0.29) is 23.8 Å². The van der Waals surface area contributed by atoms with Crippen molar-refractivity contribution in [2.75, 3.05) is 27.9 Å². The Balaban J connectivity index is 1.45. The Morgan fingerprint density at radius 2 is 1.59 bits per heavy atom. The Labute approximate surface area is 234 Å². The van der Waals surface area contributed by atoms with Gasteiger partial charge in [0, 0.05) is 17.4 Å². The van der Waals surface area contributed by atoms with E-state index in [4.69, 9.17) is 18.9 Å². The fourth-order valence-electron chi connectivity index (χ4n) is 3.41. The van der Waals surface area contributed by atoms with Crippen molar-refractivity contribution in [2.24, 2.45) is 5.10 Å². The standard InChI is InChI=1S/C28H28BrN3O7/c1-36-23-15-19(16-24(37-2)26(23)38-3)28(35)39-20-12-10-18(11-13-20)17-31-32-25(33)9-6-14-30-27(34)21-7-4-5-8-22(21)29/h4-5,7-8,10-13,15-17H,6,9,14H2,1-3H3,(H,30,34)(H,32,33)/b31-17+. The molecule has 0 aliphatic rings. The number of nitrogens with zero attached hydrogens (tertiary/aromatic N) is 1. The molecule has 0 aliphatic carbocycles. The number of ether oxygens (including phenoxy) is 4. The van der Waals surface area contributed by atoms with Gasteiger partial charge < -0.3 is 24.3 Å². The Bertz CT molecular complexity index is 1320. The van der Waals surface area contributed by atoms with E-state index in [9.17, 15) is 14.4 Å². The summed E-state index contributed by atoms with van der Waals surface area (Å²) in [6.45, 7) is 0.355. The van der Waals surface area contributed by atoms with Crippen LogP contribution in [0.4, 0.5) is 0 Å². The number of amides is 2. The minimum atomic E-state index is -0.601. The van der Waals surface area contributed by atoms with Crippen molar-refractivity contribution in [1.29, 1.82) is 0 Å². The highest BCUT2D eigenvalue weighted by Gasteiger charge is 2.18. The average molecular weight is 598 g/mol. The number of carbonyl (C=O) groups is 3. The summed E-state index contributed by atoms with van der Waals surface area (Å²) in [7, 11) is 4.39. The Hall–Kier alpha value is -4.38. The third-order valence-corrected chi connectivity index (χ3v) is 6.07. The monoisotopic (exact) mass is 597 g/mol. The van der Waals surface area contributed by atoms with Crippen molar-refractivity contribution in [1.82, 2.24) is 10.7 Å². The van der Waals surface area contributed by atoms with E-state index < -0.39 is 5.97 Å². The third-order valence-electron chi connectivity index (χ3n) is 5.38. The molecule has 0 spiro atoms. The van der Waals surface area contributed by atoms with Gasteiger partial charge in [-0.05, 0) is 76.4 Å². The van der Waals surface area contributed by atoms with Crippen molar-refractivity contribution >= 4 is 39.9 Å². The molecule has 0 atom stereocenters. The SMILES string of the molecule is COc1cc(C(=O)Oc2ccc(/C=N/NC(=O)CCCNC(=O)c3ccccc3Br)cc2)cc(OC)c1OC. The molecule has 0 bridgehead atoms. The second-order valence-electron chi connectivity index (χ2n) is 8.01. The largest absolute Gasteiger partial charge is 0.493 e. The number of hydrogen-bond donors (Lipinski definition) is 2. The molecule has 39 heavy (non-hydrogen) atoms. The van der Waals surface area contributed by atoms with Crippen LogP contribution in [-0.2, 0) is 4.79 Å². The molecule has 204 valence electrons. The highest BCUT2D eigenvalue weighted by Crippen LogP contribution is 2.38. The molecule has 3 aromatic carbocycles. The summed E-state index contributed by atoms with van der Waals surface area (Å²) in [5, 5.41) is 6.72. The number of nitrogens with one attached hydrogen (secondary N) is 2. The van der Waals surface area contributed by atoms with Crippen LogP contribution < -0.4 is 29.7 Å². The van der Waals surface area contributed by atoms with Gasteiger partial charge in [-0.15, -0.1) is 0 Å². The minimum absolute atomic E-state index is 0.198. The number of hydrazone groups is 1. The van der Waals surface area contributed by atoms with Crippen LogP contribution in [-0.4, -0.2) is 51.9 Å². The van der Waals surface area contributed by atoms with Crippen molar-refractivity contribution in [3.8, 4) is 23.0 Å². The van der Waals surface area contributed by atoms with Gasteiger partial charge in [0.05, 0.1) is 38.7 Å². The van der Waals surface area contributed by atoms with E-state index in [1.165, 1.54) is 39.7 Å². The number of carbonyl (C=O) groups excluding carboxylic acids is 3. The molecule has 0 saturated heterocycles. The van der Waals surface area contributed by atoms with E-state index in [0.717, 1.165) is 0 Å². The molecular formula is C28H28BrN3O7. The predicted octanol–water partition coefficient (Wildman–Crippen LogP) is 4.35. The lowest BCUT2D eigenvalue weighted by atomic mass is 10.2. The quantitative estimate of drug-likeness (QED) is 0.104. The minimum Gasteiger partial charge on any atom is -0.493 e. The summed E-state index contributed by atoms with van der Waals surface area (Å²) in [5.41, 5.74) is 3.90. The molecule has 0 saturated carbocycles. The summed E-state index contributed by atoms with van der Waals surface area (Å²) >= 11 is 3.34. The molecule has 0 unspecified atom stereocenters. The van der Waals surface area contributed by atoms with Gasteiger partial charge in [0.15, 0.2) is 11.5 Å². The van der Waals surface area contributed by atoms with E-state index in [1.54, 1.807) is 42.5 Å². The number of esters is 1. The van der Waals surface area contributed by atoms with Gasteiger partial charge in [-0.25, -0.2) is 10.2 Å². The van der Waals surface area contributed by atoms with E-state index >= 15 is 0 Å². The zero-order valence-electron chi connectivity index (χ0n) is 21.7. The van der Waals surface area contributed by atoms with Gasteiger partial charge in [0.1, 0.15) is 5.75 Å². The third kappa shape index (κ3) is 8.30. The van der Waals surface area contributed by atoms with Gasteiger partial charge >= 0.3 is 5.97 Å². The highest BCUT2D eigenvalue weighted by molar-refractivity contribution is 9.10. The van der Waals surface area contributed by atoms with Crippen molar-refractivity contribution in [3.05, 3.63) is 81.8 Å². The lowest BCUT2D eigenvalue weighted by molar-refractivity contribution is -0.121. The molecule has 2 amide bonds. The van der Waals surface area contributed by atoms with Crippen LogP contribution >= 0.6 is 15.9 Å². The first-order valence-electron chi connectivity index (χ1n) is 11.8. The fourth-order valence-corrected chi connectivity index (χ4v) is 3.88. The number of methoxy groups -OCH3 is 3. The second kappa shape index (κ2) is 14.5. The van der Waals surface area contributed by atoms with Gasteiger partial charge in [-0.3, -0.25) is 9.59 Å². The van der Waals surface area contributed by atoms with Gasteiger partial charge in [-0.2, -0.15) is 5.10 Å². The van der Waals surface area contributed by atoms with Crippen LogP contribution in [0.1, 0.15) is 39.1 Å². The van der Waals surface area contributed by atoms with Crippen molar-refractivity contribution < 1.29 is 33.3 Å². The summed E-state index contributed by atoms with van der Waals surface area (Å²) < 4.78 is 22.0. The van der Waals surface area contributed by atoms with Crippen LogP contribution in [0.3, 0.4) is 0 Å². The summed E-state index contributed by atoms with van der Waals surface area (Å²) in [5.74, 6) is 0.270. The topological polar surface area (TPSA) is 125 Å². The molecule has 2 N–H and O–H groups in total. The van der Waals surface area contributed by atoms with Crippen LogP contribution in [0, 0.1) is 0 Å². The molecule has 3 aromatic rings. The van der Waals surface area contributed by atoms with E-state index in [1.807, 2.05) is 6.07 Å². The molecule has 0 radical (unpaired) electrons. The molecular weight excluding hydrogens is 570 g/mol. The van der Waals surface area contributed by atoms with Gasteiger partial charge in [0.2, 0.25) is 11.7 Å². The zero-order valence-corrected chi connectivity index (χ0v) is 23.2. The Morgan fingerprint density at radius 1 is 0.923 bits per heavy atom. The number of benzene rings is 3. The molecule has 0 aliphatic heterocycles. The van der Waals surface area contributed by atoms with Gasteiger partial charge in [0.25, 0.3) is 5.91 Å². The molecule has 10 nitrogen and oxygen atoms in total. The van der Waals surface area contributed by atoms with E-state index in [0.29, 0.717) is 51.6 Å². The molecule has 3 rings (SSSR count). The maximum absolute atomic E-state index is 12.6. The van der Waals surface area contributed by atoms with Crippen molar-refractivity contribution in [2.45, 2.75) is 12.8 Å². The maximum atomic E-state index is 12.6. The molecule has 11 heteroatoms. The Kier molecular flexibility index (Phi) is 10.9.